The van der Waals surface area contributed by atoms with Gasteiger partial charge in [0.15, 0.2) is 5.13 Å². The van der Waals surface area contributed by atoms with Crippen LogP contribution in [0.1, 0.15) is 19.4 Å². The van der Waals surface area contributed by atoms with Gasteiger partial charge in [-0.3, -0.25) is 4.79 Å². The van der Waals surface area contributed by atoms with Gasteiger partial charge in [0.1, 0.15) is 16.8 Å². The summed E-state index contributed by atoms with van der Waals surface area (Å²) in [5.74, 6) is 0.585. The number of amides is 1. The molecule has 2 heterocycles. The van der Waals surface area contributed by atoms with Gasteiger partial charge < -0.3 is 10.1 Å². The molecule has 2 aromatic carbocycles. The van der Waals surface area contributed by atoms with Crippen molar-refractivity contribution < 1.29 is 9.53 Å². The molecular weight excluding hydrogens is 500 g/mol. The highest BCUT2D eigenvalue weighted by Gasteiger charge is 2.19. The van der Waals surface area contributed by atoms with Crippen LogP contribution in [0, 0.1) is 11.3 Å². The molecule has 35 heavy (non-hydrogen) atoms. The fourth-order valence-electron chi connectivity index (χ4n) is 3.18. The van der Waals surface area contributed by atoms with Gasteiger partial charge in [0.2, 0.25) is 5.91 Å². The number of carbonyl (C=O) groups excluding carboxylic acids is 1. The van der Waals surface area contributed by atoms with E-state index in [2.05, 4.69) is 21.4 Å². The molecule has 4 aromatic rings. The molecule has 4 rings (SSSR count). The van der Waals surface area contributed by atoms with E-state index in [0.717, 1.165) is 22.6 Å². The Labute approximate surface area is 217 Å². The van der Waals surface area contributed by atoms with Crippen molar-refractivity contribution in [2.24, 2.45) is 0 Å². The van der Waals surface area contributed by atoms with Crippen molar-refractivity contribution in [1.29, 1.82) is 5.26 Å². The van der Waals surface area contributed by atoms with Gasteiger partial charge in [-0.05, 0) is 62.4 Å². The number of aromatic nitrogens is 2. The molecule has 0 saturated carbocycles. The summed E-state index contributed by atoms with van der Waals surface area (Å²) in [4.78, 5) is 22.0. The molecule has 0 saturated heterocycles. The van der Waals surface area contributed by atoms with Gasteiger partial charge in [0, 0.05) is 21.5 Å². The number of nitriles is 1. The standard InChI is InChI=1S/C26H21ClN4O2S2/c1-3-33-21-11-6-18(7-12-21)23-15-34-26(30-23)31-24(32)16(2)35-25-19(14-28)8-13-22(29-25)17-4-9-20(27)10-5-17/h4-13,15-16H,3H2,1-2H3,(H,30,31,32). The minimum Gasteiger partial charge on any atom is -0.494 e. The third-order valence-electron chi connectivity index (χ3n) is 4.97. The maximum Gasteiger partial charge on any atom is 0.239 e. The molecule has 9 heteroatoms. The van der Waals surface area contributed by atoms with Crippen molar-refractivity contribution >= 4 is 45.7 Å². The van der Waals surface area contributed by atoms with Gasteiger partial charge in [0.25, 0.3) is 0 Å². The molecule has 0 radical (unpaired) electrons. The maximum atomic E-state index is 12.9. The summed E-state index contributed by atoms with van der Waals surface area (Å²) in [6.45, 7) is 4.33. The van der Waals surface area contributed by atoms with Crippen LogP contribution in [0.25, 0.3) is 22.5 Å². The first-order valence-electron chi connectivity index (χ1n) is 10.8. The zero-order chi connectivity index (χ0) is 24.8. The van der Waals surface area contributed by atoms with Crippen LogP contribution in [-0.2, 0) is 4.79 Å². The number of benzene rings is 2. The second-order valence-electron chi connectivity index (χ2n) is 7.41. The number of ether oxygens (including phenoxy) is 1. The van der Waals surface area contributed by atoms with Gasteiger partial charge in [-0.2, -0.15) is 5.26 Å². The summed E-state index contributed by atoms with van der Waals surface area (Å²) in [6.07, 6.45) is 0. The third kappa shape index (κ3) is 6.20. The number of thiazole rings is 1. The number of carbonyl (C=O) groups is 1. The SMILES string of the molecule is CCOc1ccc(-c2csc(NC(=O)C(C)Sc3nc(-c4ccc(Cl)cc4)ccc3C#N)n2)cc1. The molecule has 0 aliphatic rings. The molecule has 1 amide bonds. The minimum atomic E-state index is -0.493. The van der Waals surface area contributed by atoms with E-state index in [1.807, 2.05) is 48.7 Å². The van der Waals surface area contributed by atoms with Gasteiger partial charge in [-0.15, -0.1) is 11.3 Å². The number of pyridine rings is 1. The molecule has 6 nitrogen and oxygen atoms in total. The Bertz CT molecular complexity index is 1370. The lowest BCUT2D eigenvalue weighted by atomic mass is 10.1. The predicted molar refractivity (Wildman–Crippen MR) is 142 cm³/mol. The number of rotatable bonds is 8. The van der Waals surface area contributed by atoms with Crippen molar-refractivity contribution in [3.8, 4) is 34.3 Å². The van der Waals surface area contributed by atoms with Crippen molar-refractivity contribution in [3.63, 3.8) is 0 Å². The first kappa shape index (κ1) is 24.7. The largest absolute Gasteiger partial charge is 0.494 e. The first-order valence-corrected chi connectivity index (χ1v) is 12.9. The number of thioether (sulfide) groups is 1. The second kappa shape index (κ2) is 11.4. The normalized spacial score (nSPS) is 11.5. The van der Waals surface area contributed by atoms with E-state index >= 15 is 0 Å². The molecule has 0 aliphatic carbocycles. The van der Waals surface area contributed by atoms with Gasteiger partial charge in [-0.25, -0.2) is 9.97 Å². The van der Waals surface area contributed by atoms with Crippen LogP contribution in [0.4, 0.5) is 5.13 Å². The zero-order valence-electron chi connectivity index (χ0n) is 19.0. The van der Waals surface area contributed by atoms with E-state index < -0.39 is 5.25 Å². The van der Waals surface area contributed by atoms with Crippen molar-refractivity contribution in [2.75, 3.05) is 11.9 Å². The topological polar surface area (TPSA) is 87.9 Å². The van der Waals surface area contributed by atoms with E-state index in [-0.39, 0.29) is 5.91 Å². The first-order chi connectivity index (χ1) is 17.0. The molecular formula is C26H21ClN4O2S2. The lowest BCUT2D eigenvalue weighted by molar-refractivity contribution is -0.115. The maximum absolute atomic E-state index is 12.9. The smallest absolute Gasteiger partial charge is 0.239 e. The summed E-state index contributed by atoms with van der Waals surface area (Å²) in [5.41, 5.74) is 3.71. The molecule has 1 unspecified atom stereocenters. The van der Waals surface area contributed by atoms with E-state index in [9.17, 15) is 10.1 Å². The Balaban J connectivity index is 1.44. The second-order valence-corrected chi connectivity index (χ2v) is 10.0. The highest BCUT2D eigenvalue weighted by molar-refractivity contribution is 8.00. The number of hydrogen-bond acceptors (Lipinski definition) is 7. The number of hydrogen-bond donors (Lipinski definition) is 1. The van der Waals surface area contributed by atoms with Crippen LogP contribution in [-0.4, -0.2) is 27.7 Å². The molecule has 0 aliphatic heterocycles. The average molecular weight is 521 g/mol. The van der Waals surface area contributed by atoms with Crippen molar-refractivity contribution in [2.45, 2.75) is 24.1 Å². The highest BCUT2D eigenvalue weighted by atomic mass is 35.5. The quantitative estimate of drug-likeness (QED) is 0.254. The van der Waals surface area contributed by atoms with Crippen molar-refractivity contribution in [3.05, 3.63) is 76.6 Å². The molecule has 1 N–H and O–H groups in total. The Hall–Kier alpha value is -3.38. The predicted octanol–water partition coefficient (Wildman–Crippen LogP) is 6.92. The van der Waals surface area contributed by atoms with Crippen LogP contribution in [0.15, 0.2) is 71.1 Å². The fraction of sp³-hybridized carbons (Fsp3) is 0.154. The lowest BCUT2D eigenvalue weighted by Gasteiger charge is -2.12. The number of nitrogens with zero attached hydrogens (tertiary/aromatic N) is 3. The van der Waals surface area contributed by atoms with E-state index in [1.165, 1.54) is 23.1 Å². The summed E-state index contributed by atoms with van der Waals surface area (Å²) >= 11 is 8.57. The molecule has 1 atom stereocenters. The van der Waals surface area contributed by atoms with Gasteiger partial charge >= 0.3 is 0 Å². The van der Waals surface area contributed by atoms with Gasteiger partial charge in [-0.1, -0.05) is 35.5 Å². The minimum absolute atomic E-state index is 0.217. The highest BCUT2D eigenvalue weighted by Crippen LogP contribution is 2.31. The Morgan fingerprint density at radius 2 is 1.77 bits per heavy atom. The van der Waals surface area contributed by atoms with E-state index in [1.54, 1.807) is 31.2 Å². The molecule has 0 bridgehead atoms. The summed E-state index contributed by atoms with van der Waals surface area (Å²) < 4.78 is 5.48. The van der Waals surface area contributed by atoms with Gasteiger partial charge in [0.05, 0.1) is 28.8 Å². The van der Waals surface area contributed by atoms with E-state index in [4.69, 9.17) is 16.3 Å². The Morgan fingerprint density at radius 1 is 1.09 bits per heavy atom. The number of nitrogens with one attached hydrogen (secondary N) is 1. The molecule has 176 valence electrons. The fourth-order valence-corrected chi connectivity index (χ4v) is 4.92. The van der Waals surface area contributed by atoms with Crippen LogP contribution in [0.5, 0.6) is 5.75 Å². The molecule has 2 aromatic heterocycles. The lowest BCUT2D eigenvalue weighted by Crippen LogP contribution is -2.22. The average Bonchev–Trinajstić information content (AvgIpc) is 3.33. The Morgan fingerprint density at radius 3 is 2.46 bits per heavy atom. The zero-order valence-corrected chi connectivity index (χ0v) is 21.4. The molecule has 0 spiro atoms. The van der Waals surface area contributed by atoms with E-state index in [0.29, 0.717) is 33.0 Å². The van der Waals surface area contributed by atoms with Crippen LogP contribution in [0.3, 0.4) is 0 Å². The third-order valence-corrected chi connectivity index (χ3v) is 7.09. The van der Waals surface area contributed by atoms with Crippen molar-refractivity contribution in [1.82, 2.24) is 9.97 Å². The summed E-state index contributed by atoms with van der Waals surface area (Å²) in [7, 11) is 0. The van der Waals surface area contributed by atoms with Crippen LogP contribution >= 0.6 is 34.7 Å². The molecule has 0 fully saturated rings. The van der Waals surface area contributed by atoms with Crippen LogP contribution in [0.2, 0.25) is 5.02 Å². The Kier molecular flexibility index (Phi) is 8.03. The van der Waals surface area contributed by atoms with Crippen LogP contribution < -0.4 is 10.1 Å². The number of anilines is 1. The monoisotopic (exact) mass is 520 g/mol. The summed E-state index contributed by atoms with van der Waals surface area (Å²) in [6, 6.07) is 20.6. The summed E-state index contributed by atoms with van der Waals surface area (Å²) in [5, 5.41) is 15.4. The number of halogens is 1.